The molecule has 0 amide bonds. The number of aromatic nitrogens is 1. The van der Waals surface area contributed by atoms with E-state index in [0.717, 1.165) is 22.8 Å². The second kappa shape index (κ2) is 4.35. The smallest absolute Gasteiger partial charge is 0.212 e. The van der Waals surface area contributed by atoms with Gasteiger partial charge in [-0.2, -0.15) is 4.39 Å². The van der Waals surface area contributed by atoms with Crippen molar-refractivity contribution in [3.8, 4) is 0 Å². The van der Waals surface area contributed by atoms with Crippen molar-refractivity contribution in [1.82, 2.24) is 4.98 Å². The van der Waals surface area contributed by atoms with Crippen LogP contribution in [0.5, 0.6) is 0 Å². The van der Waals surface area contributed by atoms with Crippen LogP contribution in [0, 0.1) is 19.8 Å². The van der Waals surface area contributed by atoms with Gasteiger partial charge in [0.1, 0.15) is 11.5 Å². The predicted octanol–water partition coefficient (Wildman–Crippen LogP) is 3.04. The summed E-state index contributed by atoms with van der Waals surface area (Å²) in [6.07, 6.45) is 1.47. The second-order valence-electron chi connectivity index (χ2n) is 3.66. The van der Waals surface area contributed by atoms with Crippen LogP contribution in [0.4, 0.5) is 10.1 Å². The molecule has 16 heavy (non-hydrogen) atoms. The van der Waals surface area contributed by atoms with E-state index in [-0.39, 0.29) is 0 Å². The Labute approximate surface area is 93.3 Å². The lowest BCUT2D eigenvalue weighted by molar-refractivity contribution is 0.501. The molecule has 0 saturated carbocycles. The molecule has 2 rings (SSSR count). The molecule has 2 aromatic rings. The van der Waals surface area contributed by atoms with Crippen LogP contribution >= 0.6 is 0 Å². The van der Waals surface area contributed by atoms with E-state index in [4.69, 9.17) is 4.42 Å². The molecule has 84 valence electrons. The van der Waals surface area contributed by atoms with E-state index in [0.29, 0.717) is 6.54 Å². The van der Waals surface area contributed by atoms with Crippen molar-refractivity contribution in [3.05, 3.63) is 47.4 Å². The minimum Gasteiger partial charge on any atom is -0.466 e. The normalized spacial score (nSPS) is 10.4. The fourth-order valence-electron chi connectivity index (χ4n) is 1.54. The van der Waals surface area contributed by atoms with Crippen LogP contribution in [0.15, 0.2) is 28.8 Å². The van der Waals surface area contributed by atoms with Gasteiger partial charge in [0.25, 0.3) is 0 Å². The average molecular weight is 220 g/mol. The zero-order valence-corrected chi connectivity index (χ0v) is 9.25. The van der Waals surface area contributed by atoms with E-state index < -0.39 is 5.95 Å². The molecule has 0 aliphatic rings. The SMILES string of the molecule is Cc1cc(CNc2ccc(F)nc2)c(C)o1. The Bertz CT molecular complexity index is 476. The lowest BCUT2D eigenvalue weighted by Crippen LogP contribution is -2.00. The highest BCUT2D eigenvalue weighted by Gasteiger charge is 2.04. The monoisotopic (exact) mass is 220 g/mol. The molecule has 2 heterocycles. The third kappa shape index (κ3) is 2.39. The van der Waals surface area contributed by atoms with Crippen molar-refractivity contribution >= 4 is 5.69 Å². The first-order valence-corrected chi connectivity index (χ1v) is 5.06. The Morgan fingerprint density at radius 1 is 1.38 bits per heavy atom. The van der Waals surface area contributed by atoms with Gasteiger partial charge in [-0.25, -0.2) is 4.98 Å². The van der Waals surface area contributed by atoms with Crippen molar-refractivity contribution in [1.29, 1.82) is 0 Å². The minimum absolute atomic E-state index is 0.471. The molecule has 0 fully saturated rings. The molecule has 3 nitrogen and oxygen atoms in total. The van der Waals surface area contributed by atoms with Gasteiger partial charge < -0.3 is 9.73 Å². The van der Waals surface area contributed by atoms with Crippen molar-refractivity contribution < 1.29 is 8.81 Å². The summed E-state index contributed by atoms with van der Waals surface area (Å²) in [4.78, 5) is 3.57. The molecule has 0 saturated heterocycles. The highest BCUT2D eigenvalue weighted by molar-refractivity contribution is 5.41. The summed E-state index contributed by atoms with van der Waals surface area (Å²) in [7, 11) is 0. The predicted molar refractivity (Wildman–Crippen MR) is 59.7 cm³/mol. The summed E-state index contributed by atoms with van der Waals surface area (Å²) in [5.41, 5.74) is 1.89. The summed E-state index contributed by atoms with van der Waals surface area (Å²) in [5, 5.41) is 3.15. The standard InChI is InChI=1S/C12H13FN2O/c1-8-5-10(9(2)16-8)6-14-11-3-4-12(13)15-7-11/h3-5,7,14H,6H2,1-2H3. The number of hydrogen-bond donors (Lipinski definition) is 1. The number of pyridine rings is 1. The molecule has 0 unspecified atom stereocenters. The first-order valence-electron chi connectivity index (χ1n) is 5.06. The first kappa shape index (κ1) is 10.7. The van der Waals surface area contributed by atoms with Crippen molar-refractivity contribution in [2.75, 3.05) is 5.32 Å². The number of nitrogens with zero attached hydrogens (tertiary/aromatic N) is 1. The molecular weight excluding hydrogens is 207 g/mol. The Morgan fingerprint density at radius 3 is 2.75 bits per heavy atom. The van der Waals surface area contributed by atoms with Gasteiger partial charge >= 0.3 is 0 Å². The van der Waals surface area contributed by atoms with Crippen molar-refractivity contribution in [2.24, 2.45) is 0 Å². The number of anilines is 1. The van der Waals surface area contributed by atoms with E-state index in [1.807, 2.05) is 19.9 Å². The average Bonchev–Trinajstić information content (AvgIpc) is 2.57. The fraction of sp³-hybridized carbons (Fsp3) is 0.250. The van der Waals surface area contributed by atoms with Crippen LogP contribution in [-0.2, 0) is 6.54 Å². The molecule has 0 bridgehead atoms. The molecule has 0 atom stereocenters. The summed E-state index contributed by atoms with van der Waals surface area (Å²) in [6, 6.07) is 4.97. The number of rotatable bonds is 3. The van der Waals surface area contributed by atoms with E-state index in [2.05, 4.69) is 10.3 Å². The van der Waals surface area contributed by atoms with E-state index in [1.54, 1.807) is 6.07 Å². The lowest BCUT2D eigenvalue weighted by Gasteiger charge is -2.04. The molecule has 0 aromatic carbocycles. The van der Waals surface area contributed by atoms with Crippen LogP contribution in [0.2, 0.25) is 0 Å². The fourth-order valence-corrected chi connectivity index (χ4v) is 1.54. The molecule has 0 spiro atoms. The van der Waals surface area contributed by atoms with Gasteiger partial charge in [-0.3, -0.25) is 0 Å². The number of hydrogen-bond acceptors (Lipinski definition) is 3. The lowest BCUT2D eigenvalue weighted by atomic mass is 10.2. The molecule has 1 N–H and O–H groups in total. The topological polar surface area (TPSA) is 38.1 Å². The van der Waals surface area contributed by atoms with Gasteiger partial charge in [-0.15, -0.1) is 0 Å². The first-order chi connectivity index (χ1) is 7.65. The Hall–Kier alpha value is -1.84. The maximum atomic E-state index is 12.6. The van der Waals surface area contributed by atoms with E-state index in [1.165, 1.54) is 12.3 Å². The highest BCUT2D eigenvalue weighted by Crippen LogP contribution is 2.15. The van der Waals surface area contributed by atoms with Gasteiger partial charge in [0.2, 0.25) is 5.95 Å². The third-order valence-electron chi connectivity index (χ3n) is 2.35. The molecule has 0 aliphatic carbocycles. The van der Waals surface area contributed by atoms with Crippen molar-refractivity contribution in [3.63, 3.8) is 0 Å². The summed E-state index contributed by atoms with van der Waals surface area (Å²) in [6.45, 7) is 4.49. The number of nitrogens with one attached hydrogen (secondary N) is 1. The Balaban J connectivity index is 2.02. The van der Waals surface area contributed by atoms with Crippen LogP contribution in [0.3, 0.4) is 0 Å². The summed E-state index contributed by atoms with van der Waals surface area (Å²) >= 11 is 0. The van der Waals surface area contributed by atoms with Gasteiger partial charge in [-0.1, -0.05) is 0 Å². The zero-order chi connectivity index (χ0) is 11.5. The quantitative estimate of drug-likeness (QED) is 0.808. The number of halogens is 1. The molecular formula is C12H13FN2O. The third-order valence-corrected chi connectivity index (χ3v) is 2.35. The maximum Gasteiger partial charge on any atom is 0.212 e. The molecule has 0 radical (unpaired) electrons. The van der Waals surface area contributed by atoms with E-state index in [9.17, 15) is 4.39 Å². The van der Waals surface area contributed by atoms with E-state index >= 15 is 0 Å². The van der Waals surface area contributed by atoms with Crippen molar-refractivity contribution in [2.45, 2.75) is 20.4 Å². The Kier molecular flexibility index (Phi) is 2.90. The largest absolute Gasteiger partial charge is 0.466 e. The van der Waals surface area contributed by atoms with Crippen LogP contribution < -0.4 is 5.32 Å². The van der Waals surface area contributed by atoms with Crippen LogP contribution in [-0.4, -0.2) is 4.98 Å². The summed E-state index contributed by atoms with van der Waals surface area (Å²) in [5.74, 6) is 1.33. The van der Waals surface area contributed by atoms with Crippen LogP contribution in [0.25, 0.3) is 0 Å². The zero-order valence-electron chi connectivity index (χ0n) is 9.25. The second-order valence-corrected chi connectivity index (χ2v) is 3.66. The Morgan fingerprint density at radius 2 is 2.19 bits per heavy atom. The number of aryl methyl sites for hydroxylation is 2. The number of furan rings is 1. The van der Waals surface area contributed by atoms with Gasteiger partial charge in [-0.05, 0) is 32.0 Å². The molecule has 0 aliphatic heterocycles. The maximum absolute atomic E-state index is 12.6. The van der Waals surface area contributed by atoms with Gasteiger partial charge in [0.15, 0.2) is 0 Å². The molecule has 4 heteroatoms. The minimum atomic E-state index is -0.471. The van der Waals surface area contributed by atoms with Gasteiger partial charge in [0.05, 0.1) is 11.9 Å². The van der Waals surface area contributed by atoms with Crippen LogP contribution in [0.1, 0.15) is 17.1 Å². The highest BCUT2D eigenvalue weighted by atomic mass is 19.1. The molecule has 2 aromatic heterocycles. The summed E-state index contributed by atoms with van der Waals surface area (Å²) < 4.78 is 18.0. The van der Waals surface area contributed by atoms with Gasteiger partial charge in [0, 0.05) is 12.1 Å².